The number of carbonyl (C=O) groups is 3. The normalized spacial score (nSPS) is 15.2. The molecule has 2 aliphatic rings. The minimum atomic E-state index is -0.611. The van der Waals surface area contributed by atoms with E-state index in [4.69, 9.17) is 9.88 Å². The van der Waals surface area contributed by atoms with Crippen molar-refractivity contribution in [3.8, 4) is 0 Å². The third-order valence-corrected chi connectivity index (χ3v) is 6.78. The molecule has 2 aromatic rings. The summed E-state index contributed by atoms with van der Waals surface area (Å²) >= 11 is 0.914. The maximum Gasteiger partial charge on any atom is 0.410 e. The second-order valence-corrected chi connectivity index (χ2v) is 10.9. The minimum absolute atomic E-state index is 0.00440. The Labute approximate surface area is 219 Å². The minimum Gasteiger partial charge on any atom is -0.443 e. The van der Waals surface area contributed by atoms with Gasteiger partial charge in [-0.25, -0.2) is 9.18 Å². The van der Waals surface area contributed by atoms with Crippen LogP contribution in [0.5, 0.6) is 0 Å². The highest BCUT2D eigenvalue weighted by molar-refractivity contribution is 7.97. The van der Waals surface area contributed by atoms with E-state index < -0.39 is 23.2 Å². The Kier molecular flexibility index (Phi) is 7.56. The van der Waals surface area contributed by atoms with Crippen molar-refractivity contribution in [3.05, 3.63) is 64.2 Å². The quantitative estimate of drug-likeness (QED) is 0.448. The van der Waals surface area contributed by atoms with E-state index in [-0.39, 0.29) is 18.1 Å². The summed E-state index contributed by atoms with van der Waals surface area (Å²) in [6.45, 7) is 8.47. The average molecular weight is 528 g/mol. The van der Waals surface area contributed by atoms with Gasteiger partial charge in [0.2, 0.25) is 5.91 Å². The first-order chi connectivity index (χ1) is 17.5. The maximum atomic E-state index is 14.4. The van der Waals surface area contributed by atoms with Gasteiger partial charge in [-0.2, -0.15) is 0 Å². The standard InChI is InChI=1S/C26H30FN5O4S/c1-15-5-8-21(30-24(34)26(2,3)4)22(29-15)14-36-25(35)32-12-16-10-31(11-17(16)13-32)23(33)19-7-6-18(37-28)9-20(19)27/h5-9H,10-14,28H2,1-4H3,(H,30,34). The lowest BCUT2D eigenvalue weighted by Crippen LogP contribution is -2.37. The number of amides is 3. The summed E-state index contributed by atoms with van der Waals surface area (Å²) in [6.07, 6.45) is -0.510. The molecule has 196 valence electrons. The number of benzene rings is 1. The summed E-state index contributed by atoms with van der Waals surface area (Å²) in [5.41, 5.74) is 3.00. The first-order valence-corrected chi connectivity index (χ1v) is 12.7. The van der Waals surface area contributed by atoms with Crippen LogP contribution >= 0.6 is 11.9 Å². The highest BCUT2D eigenvalue weighted by Crippen LogP contribution is 2.29. The van der Waals surface area contributed by atoms with E-state index in [1.807, 2.05) is 27.7 Å². The van der Waals surface area contributed by atoms with Crippen LogP contribution in [0.15, 0.2) is 46.4 Å². The second kappa shape index (κ2) is 10.5. The molecule has 3 amide bonds. The molecule has 2 aliphatic heterocycles. The van der Waals surface area contributed by atoms with Gasteiger partial charge in [0.05, 0.1) is 11.3 Å². The predicted molar refractivity (Wildman–Crippen MR) is 138 cm³/mol. The number of pyridine rings is 1. The van der Waals surface area contributed by atoms with Gasteiger partial charge in [-0.1, -0.05) is 20.8 Å². The molecule has 0 saturated heterocycles. The Bertz CT molecular complexity index is 1270. The molecule has 0 unspecified atom stereocenters. The highest BCUT2D eigenvalue weighted by Gasteiger charge is 2.35. The number of nitrogens with two attached hydrogens (primary N) is 1. The molecule has 3 heterocycles. The number of nitrogens with zero attached hydrogens (tertiary/aromatic N) is 3. The van der Waals surface area contributed by atoms with Gasteiger partial charge in [-0.15, -0.1) is 0 Å². The van der Waals surface area contributed by atoms with Crippen molar-refractivity contribution >= 4 is 35.5 Å². The monoisotopic (exact) mass is 527 g/mol. The molecule has 3 N–H and O–H groups in total. The van der Waals surface area contributed by atoms with Crippen LogP contribution in [0, 0.1) is 18.2 Å². The summed E-state index contributed by atoms with van der Waals surface area (Å²) in [7, 11) is 0. The Morgan fingerprint density at radius 1 is 1.08 bits per heavy atom. The molecular weight excluding hydrogens is 497 g/mol. The molecule has 37 heavy (non-hydrogen) atoms. The third kappa shape index (κ3) is 5.94. The van der Waals surface area contributed by atoms with Gasteiger partial charge in [-0.05, 0) is 60.3 Å². The van der Waals surface area contributed by atoms with Crippen molar-refractivity contribution in [2.45, 2.75) is 39.2 Å². The zero-order valence-corrected chi connectivity index (χ0v) is 22.1. The smallest absolute Gasteiger partial charge is 0.410 e. The lowest BCUT2D eigenvalue weighted by molar-refractivity contribution is -0.123. The van der Waals surface area contributed by atoms with E-state index in [0.717, 1.165) is 28.8 Å². The SMILES string of the molecule is Cc1ccc(NC(=O)C(C)(C)C)c(COC(=O)N2CC3=C(C2)CN(C(=O)c2ccc(SN)cc2F)C3)n1. The molecule has 9 nitrogen and oxygen atoms in total. The van der Waals surface area contributed by atoms with Crippen molar-refractivity contribution in [1.82, 2.24) is 14.8 Å². The number of rotatable bonds is 5. The fourth-order valence-corrected chi connectivity index (χ4v) is 4.45. The highest BCUT2D eigenvalue weighted by atomic mass is 32.2. The molecule has 1 aromatic carbocycles. The molecule has 0 fully saturated rings. The summed E-state index contributed by atoms with van der Waals surface area (Å²) in [5.74, 6) is -1.18. The van der Waals surface area contributed by atoms with E-state index in [0.29, 0.717) is 42.5 Å². The topological polar surface area (TPSA) is 118 Å². The van der Waals surface area contributed by atoms with Crippen LogP contribution in [0.2, 0.25) is 0 Å². The van der Waals surface area contributed by atoms with Gasteiger partial charge in [0, 0.05) is 42.2 Å². The zero-order valence-electron chi connectivity index (χ0n) is 21.3. The Morgan fingerprint density at radius 2 is 1.73 bits per heavy atom. The lowest BCUT2D eigenvalue weighted by Gasteiger charge is -2.23. The molecule has 0 aliphatic carbocycles. The number of ether oxygens (including phenoxy) is 1. The molecule has 11 heteroatoms. The summed E-state index contributed by atoms with van der Waals surface area (Å²) < 4.78 is 19.9. The number of halogens is 1. The van der Waals surface area contributed by atoms with Gasteiger partial charge >= 0.3 is 6.09 Å². The van der Waals surface area contributed by atoms with Crippen molar-refractivity contribution in [3.63, 3.8) is 0 Å². The van der Waals surface area contributed by atoms with Gasteiger partial charge in [0.1, 0.15) is 18.1 Å². The largest absolute Gasteiger partial charge is 0.443 e. The summed E-state index contributed by atoms with van der Waals surface area (Å²) in [5, 5.41) is 8.31. The van der Waals surface area contributed by atoms with Crippen molar-refractivity contribution < 1.29 is 23.5 Å². The lowest BCUT2D eigenvalue weighted by atomic mass is 9.95. The van der Waals surface area contributed by atoms with Crippen LogP contribution in [0.1, 0.15) is 42.5 Å². The number of hydrogen-bond acceptors (Lipinski definition) is 7. The molecular formula is C26H30FN5O4S. The van der Waals surface area contributed by atoms with Crippen LogP contribution in [-0.4, -0.2) is 58.9 Å². The first kappa shape index (κ1) is 26.6. The van der Waals surface area contributed by atoms with E-state index in [9.17, 15) is 18.8 Å². The number of nitrogens with one attached hydrogen (secondary N) is 1. The maximum absolute atomic E-state index is 14.4. The van der Waals surface area contributed by atoms with Gasteiger partial charge in [0.25, 0.3) is 5.91 Å². The fourth-order valence-electron chi connectivity index (χ4n) is 4.13. The van der Waals surface area contributed by atoms with E-state index in [2.05, 4.69) is 10.3 Å². The summed E-state index contributed by atoms with van der Waals surface area (Å²) in [4.78, 5) is 46.2. The molecule has 0 atom stereocenters. The Morgan fingerprint density at radius 3 is 2.32 bits per heavy atom. The van der Waals surface area contributed by atoms with Crippen LogP contribution in [0.4, 0.5) is 14.9 Å². The first-order valence-electron chi connectivity index (χ1n) is 11.8. The molecule has 0 bridgehead atoms. The van der Waals surface area contributed by atoms with Crippen LogP contribution in [0.3, 0.4) is 0 Å². The molecule has 0 saturated carbocycles. The number of carbonyl (C=O) groups excluding carboxylic acids is 3. The van der Waals surface area contributed by atoms with E-state index >= 15 is 0 Å². The average Bonchev–Trinajstić information content (AvgIpc) is 3.42. The van der Waals surface area contributed by atoms with E-state index in [1.165, 1.54) is 12.1 Å². The van der Waals surface area contributed by atoms with Crippen LogP contribution < -0.4 is 10.5 Å². The molecule has 1 aromatic heterocycles. The molecule has 0 spiro atoms. The number of hydrogen-bond donors (Lipinski definition) is 2. The third-order valence-electron chi connectivity index (χ3n) is 6.25. The van der Waals surface area contributed by atoms with Gasteiger partial charge < -0.3 is 19.9 Å². The fraction of sp³-hybridized carbons (Fsp3) is 0.385. The van der Waals surface area contributed by atoms with Gasteiger partial charge in [0.15, 0.2) is 0 Å². The molecule has 0 radical (unpaired) electrons. The molecule has 4 rings (SSSR count). The predicted octanol–water partition coefficient (Wildman–Crippen LogP) is 3.88. The number of aryl methyl sites for hydroxylation is 1. The van der Waals surface area contributed by atoms with Crippen molar-refractivity contribution in [2.24, 2.45) is 10.6 Å². The van der Waals surface area contributed by atoms with Crippen molar-refractivity contribution in [2.75, 3.05) is 31.5 Å². The Balaban J connectivity index is 1.33. The van der Waals surface area contributed by atoms with Crippen molar-refractivity contribution in [1.29, 1.82) is 0 Å². The van der Waals surface area contributed by atoms with Crippen LogP contribution in [0.25, 0.3) is 0 Å². The summed E-state index contributed by atoms with van der Waals surface area (Å²) in [6, 6.07) is 7.83. The van der Waals surface area contributed by atoms with Crippen LogP contribution in [-0.2, 0) is 16.1 Å². The number of aromatic nitrogens is 1. The van der Waals surface area contributed by atoms with Gasteiger partial charge in [-0.3, -0.25) is 19.7 Å². The number of anilines is 1. The van der Waals surface area contributed by atoms with E-state index in [1.54, 1.807) is 28.0 Å². The second-order valence-electron chi connectivity index (χ2n) is 10.2. The zero-order chi connectivity index (χ0) is 26.9. The Hall–Kier alpha value is -3.44.